The molecule has 0 aliphatic carbocycles. The molecule has 0 saturated carbocycles. The lowest BCUT2D eigenvalue weighted by Gasteiger charge is -2.26. The Labute approximate surface area is 180 Å². The van der Waals surface area contributed by atoms with E-state index in [9.17, 15) is 4.79 Å². The number of piperidine rings is 1. The molecule has 1 aromatic carbocycles. The Balaban J connectivity index is 1.30. The first-order chi connectivity index (χ1) is 14.8. The molecule has 156 valence electrons. The molecule has 7 nitrogen and oxygen atoms in total. The van der Waals surface area contributed by atoms with Crippen molar-refractivity contribution in [1.82, 2.24) is 19.9 Å². The maximum absolute atomic E-state index is 12.3. The predicted molar refractivity (Wildman–Crippen MR) is 121 cm³/mol. The van der Waals surface area contributed by atoms with Gasteiger partial charge in [-0.3, -0.25) is 4.79 Å². The van der Waals surface area contributed by atoms with E-state index in [1.807, 2.05) is 35.7 Å². The number of nitrogens with one attached hydrogen (secondary N) is 2. The van der Waals surface area contributed by atoms with Gasteiger partial charge in [-0.1, -0.05) is 12.5 Å². The molecule has 2 N–H and O–H groups in total. The van der Waals surface area contributed by atoms with Crippen molar-refractivity contribution < 1.29 is 4.79 Å². The highest BCUT2D eigenvalue weighted by Crippen LogP contribution is 2.22. The van der Waals surface area contributed by atoms with Crippen LogP contribution in [-0.2, 0) is 4.79 Å². The third-order valence-electron chi connectivity index (χ3n) is 5.04. The average Bonchev–Trinajstić information content (AvgIpc) is 3.30. The van der Waals surface area contributed by atoms with E-state index >= 15 is 0 Å². The van der Waals surface area contributed by atoms with Crippen LogP contribution in [0.25, 0.3) is 10.7 Å². The minimum atomic E-state index is 0.0474. The maximum atomic E-state index is 12.3. The number of anilines is 3. The summed E-state index contributed by atoms with van der Waals surface area (Å²) in [5, 5.41) is 8.97. The number of amides is 1. The zero-order valence-corrected chi connectivity index (χ0v) is 17.7. The zero-order chi connectivity index (χ0) is 20.6. The fourth-order valence-electron chi connectivity index (χ4n) is 3.56. The Bertz CT molecular complexity index is 956. The van der Waals surface area contributed by atoms with Gasteiger partial charge in [0, 0.05) is 35.6 Å². The van der Waals surface area contributed by atoms with Crippen LogP contribution < -0.4 is 10.6 Å². The molecule has 0 radical (unpaired) electrons. The van der Waals surface area contributed by atoms with Crippen LogP contribution in [0.1, 0.15) is 32.1 Å². The van der Waals surface area contributed by atoms with E-state index in [4.69, 9.17) is 0 Å². The number of carbonyl (C=O) groups excluding carboxylic acids is 1. The summed E-state index contributed by atoms with van der Waals surface area (Å²) in [4.78, 5) is 27.9. The molecule has 1 amide bonds. The molecular weight excluding hydrogens is 396 g/mol. The van der Waals surface area contributed by atoms with Gasteiger partial charge in [-0.15, -0.1) is 11.3 Å². The molecule has 30 heavy (non-hydrogen) atoms. The molecule has 0 unspecified atom stereocenters. The van der Waals surface area contributed by atoms with Crippen LogP contribution in [0.2, 0.25) is 0 Å². The summed E-state index contributed by atoms with van der Waals surface area (Å²) in [5.74, 6) is 0.541. The molecule has 2 aromatic heterocycles. The summed E-state index contributed by atoms with van der Waals surface area (Å²) in [6, 6.07) is 9.44. The molecule has 3 aromatic rings. The van der Waals surface area contributed by atoms with Crippen molar-refractivity contribution in [2.75, 3.05) is 30.3 Å². The van der Waals surface area contributed by atoms with Crippen LogP contribution in [0.4, 0.5) is 17.3 Å². The van der Waals surface area contributed by atoms with Gasteiger partial charge >= 0.3 is 0 Å². The van der Waals surface area contributed by atoms with Crippen molar-refractivity contribution in [3.63, 3.8) is 0 Å². The van der Waals surface area contributed by atoms with E-state index in [-0.39, 0.29) is 5.91 Å². The van der Waals surface area contributed by atoms with Crippen LogP contribution in [0, 0.1) is 0 Å². The number of hydrogen-bond acceptors (Lipinski definition) is 7. The summed E-state index contributed by atoms with van der Waals surface area (Å²) in [6.07, 6.45) is 8.79. The van der Waals surface area contributed by atoms with E-state index in [1.165, 1.54) is 43.7 Å². The highest BCUT2D eigenvalue weighted by Gasteiger charge is 2.11. The minimum absolute atomic E-state index is 0.0474. The lowest BCUT2D eigenvalue weighted by Crippen LogP contribution is -2.31. The quantitative estimate of drug-likeness (QED) is 0.554. The lowest BCUT2D eigenvalue weighted by atomic mass is 10.1. The summed E-state index contributed by atoms with van der Waals surface area (Å²) >= 11 is 1.54. The minimum Gasteiger partial charge on any atom is -0.326 e. The summed E-state index contributed by atoms with van der Waals surface area (Å²) in [6.45, 7) is 3.34. The number of likely N-dealkylation sites (tertiary alicyclic amines) is 1. The molecule has 1 aliphatic rings. The molecule has 1 fully saturated rings. The van der Waals surface area contributed by atoms with Crippen molar-refractivity contribution in [2.24, 2.45) is 0 Å². The predicted octanol–water partition coefficient (Wildman–Crippen LogP) is 4.55. The summed E-state index contributed by atoms with van der Waals surface area (Å²) < 4.78 is 0. The first kappa shape index (κ1) is 20.4. The third-order valence-corrected chi connectivity index (χ3v) is 5.83. The van der Waals surface area contributed by atoms with Gasteiger partial charge in [0.1, 0.15) is 10.7 Å². The number of benzene rings is 1. The molecule has 0 atom stereocenters. The maximum Gasteiger partial charge on any atom is 0.227 e. The second-order valence-electron chi connectivity index (χ2n) is 7.36. The molecule has 0 spiro atoms. The van der Waals surface area contributed by atoms with E-state index in [1.54, 1.807) is 12.4 Å². The molecular formula is C22H26N6OS. The van der Waals surface area contributed by atoms with E-state index in [2.05, 4.69) is 30.5 Å². The molecule has 1 aliphatic heterocycles. The van der Waals surface area contributed by atoms with Gasteiger partial charge in [-0.05, 0) is 63.2 Å². The molecule has 3 heterocycles. The van der Waals surface area contributed by atoms with Gasteiger partial charge in [-0.2, -0.15) is 0 Å². The SMILES string of the molecule is O=C(CCCN1CCCCC1)Nc1cccc(Nc2nccc(-c3nccs3)n2)c1. The zero-order valence-electron chi connectivity index (χ0n) is 16.9. The largest absolute Gasteiger partial charge is 0.326 e. The van der Waals surface area contributed by atoms with Crippen molar-refractivity contribution in [1.29, 1.82) is 0 Å². The fourth-order valence-corrected chi connectivity index (χ4v) is 4.17. The average molecular weight is 423 g/mol. The smallest absolute Gasteiger partial charge is 0.227 e. The number of hydrogen-bond donors (Lipinski definition) is 2. The number of nitrogens with zero attached hydrogens (tertiary/aromatic N) is 4. The van der Waals surface area contributed by atoms with E-state index < -0.39 is 0 Å². The Morgan fingerprint density at radius 2 is 1.93 bits per heavy atom. The molecule has 0 bridgehead atoms. The second kappa shape index (κ2) is 10.3. The Morgan fingerprint density at radius 1 is 1.07 bits per heavy atom. The van der Waals surface area contributed by atoms with Crippen LogP contribution in [0.3, 0.4) is 0 Å². The Morgan fingerprint density at radius 3 is 2.77 bits per heavy atom. The second-order valence-corrected chi connectivity index (χ2v) is 8.26. The Kier molecular flexibility index (Phi) is 6.99. The summed E-state index contributed by atoms with van der Waals surface area (Å²) in [5.41, 5.74) is 2.36. The van der Waals surface area contributed by atoms with Gasteiger partial charge in [0.05, 0.1) is 0 Å². The highest BCUT2D eigenvalue weighted by molar-refractivity contribution is 7.13. The standard InChI is InChI=1S/C22H26N6OS/c29-20(8-5-14-28-12-2-1-3-13-28)25-17-6-4-7-18(16-17)26-22-24-10-9-19(27-22)21-23-11-15-30-21/h4,6-7,9-11,15-16H,1-3,5,8,12-14H2,(H,25,29)(H,24,26,27). The van der Waals surface area contributed by atoms with Crippen molar-refractivity contribution in [3.05, 3.63) is 48.1 Å². The van der Waals surface area contributed by atoms with Crippen molar-refractivity contribution >= 4 is 34.6 Å². The monoisotopic (exact) mass is 422 g/mol. The van der Waals surface area contributed by atoms with Crippen LogP contribution in [0.15, 0.2) is 48.1 Å². The molecule has 4 rings (SSSR count). The normalized spacial score (nSPS) is 14.4. The van der Waals surface area contributed by atoms with E-state index in [0.717, 1.165) is 35.0 Å². The lowest BCUT2D eigenvalue weighted by molar-refractivity contribution is -0.116. The topological polar surface area (TPSA) is 83.0 Å². The summed E-state index contributed by atoms with van der Waals surface area (Å²) in [7, 11) is 0. The van der Waals surface area contributed by atoms with Crippen LogP contribution >= 0.6 is 11.3 Å². The van der Waals surface area contributed by atoms with Gasteiger partial charge in [0.15, 0.2) is 0 Å². The van der Waals surface area contributed by atoms with Gasteiger partial charge in [0.25, 0.3) is 0 Å². The third kappa shape index (κ3) is 5.84. The van der Waals surface area contributed by atoms with E-state index in [0.29, 0.717) is 12.4 Å². The van der Waals surface area contributed by atoms with Crippen molar-refractivity contribution in [2.45, 2.75) is 32.1 Å². The van der Waals surface area contributed by atoms with Gasteiger partial charge < -0.3 is 15.5 Å². The van der Waals surface area contributed by atoms with Gasteiger partial charge in [-0.25, -0.2) is 15.0 Å². The molecule has 1 saturated heterocycles. The first-order valence-corrected chi connectivity index (χ1v) is 11.3. The first-order valence-electron chi connectivity index (χ1n) is 10.4. The number of aromatic nitrogens is 3. The van der Waals surface area contributed by atoms with Crippen molar-refractivity contribution in [3.8, 4) is 10.7 Å². The van der Waals surface area contributed by atoms with Crippen LogP contribution in [-0.4, -0.2) is 45.4 Å². The highest BCUT2D eigenvalue weighted by atomic mass is 32.1. The number of carbonyl (C=O) groups is 1. The Hall–Kier alpha value is -2.84. The number of rotatable bonds is 8. The fraction of sp³-hybridized carbons (Fsp3) is 0.364. The van der Waals surface area contributed by atoms with Gasteiger partial charge in [0.2, 0.25) is 11.9 Å². The van der Waals surface area contributed by atoms with Crippen LogP contribution in [0.5, 0.6) is 0 Å². The number of thiazole rings is 1. The molecule has 8 heteroatoms.